The zero-order valence-electron chi connectivity index (χ0n) is 17.0. The highest BCUT2D eigenvalue weighted by molar-refractivity contribution is 7.89. The molecular formula is C22H34N2O3S. The van der Waals surface area contributed by atoms with Gasteiger partial charge in [-0.1, -0.05) is 44.2 Å². The van der Waals surface area contributed by atoms with E-state index in [9.17, 15) is 13.2 Å². The van der Waals surface area contributed by atoms with Gasteiger partial charge in [0.05, 0.1) is 4.90 Å². The third-order valence-corrected chi connectivity index (χ3v) is 8.14. The molecule has 1 aromatic rings. The summed E-state index contributed by atoms with van der Waals surface area (Å²) in [6, 6.07) is 7.10. The third kappa shape index (κ3) is 5.57. The van der Waals surface area contributed by atoms with Crippen molar-refractivity contribution in [3.05, 3.63) is 29.8 Å². The molecule has 0 bridgehead atoms. The van der Waals surface area contributed by atoms with Crippen LogP contribution in [0.25, 0.3) is 0 Å². The molecule has 1 heterocycles. The second-order valence-electron chi connectivity index (χ2n) is 8.45. The minimum absolute atomic E-state index is 0.169. The Kier molecular flexibility index (Phi) is 7.52. The van der Waals surface area contributed by atoms with Crippen molar-refractivity contribution < 1.29 is 13.2 Å². The fourth-order valence-corrected chi connectivity index (χ4v) is 5.96. The Balaban J connectivity index is 1.46. The Morgan fingerprint density at radius 2 is 1.68 bits per heavy atom. The monoisotopic (exact) mass is 406 g/mol. The van der Waals surface area contributed by atoms with Crippen molar-refractivity contribution in [2.45, 2.75) is 69.6 Å². The number of carbonyl (C=O) groups is 1. The molecule has 2 aliphatic rings. The van der Waals surface area contributed by atoms with Gasteiger partial charge in [-0.15, -0.1) is 0 Å². The maximum atomic E-state index is 12.8. The van der Waals surface area contributed by atoms with E-state index in [0.29, 0.717) is 30.4 Å². The molecule has 1 aliphatic carbocycles. The van der Waals surface area contributed by atoms with Crippen LogP contribution in [0, 0.1) is 18.8 Å². The first-order chi connectivity index (χ1) is 13.5. The normalized spacial score (nSPS) is 21.0. The molecule has 2 fully saturated rings. The smallest absolute Gasteiger partial charge is 0.243 e. The van der Waals surface area contributed by atoms with E-state index in [2.05, 4.69) is 5.32 Å². The summed E-state index contributed by atoms with van der Waals surface area (Å²) in [4.78, 5) is 12.9. The predicted molar refractivity (Wildman–Crippen MR) is 111 cm³/mol. The van der Waals surface area contributed by atoms with E-state index < -0.39 is 10.0 Å². The molecule has 5 nitrogen and oxygen atoms in total. The Morgan fingerprint density at radius 3 is 2.32 bits per heavy atom. The summed E-state index contributed by atoms with van der Waals surface area (Å²) < 4.78 is 27.3. The fraction of sp³-hybridized carbons (Fsp3) is 0.682. The van der Waals surface area contributed by atoms with Crippen LogP contribution in [-0.2, 0) is 14.8 Å². The molecule has 156 valence electrons. The van der Waals surface area contributed by atoms with Crippen molar-refractivity contribution in [3.63, 3.8) is 0 Å². The Hall–Kier alpha value is -1.40. The highest BCUT2D eigenvalue weighted by atomic mass is 32.2. The van der Waals surface area contributed by atoms with E-state index in [1.165, 1.54) is 19.3 Å². The third-order valence-electron chi connectivity index (χ3n) is 6.24. The first-order valence-electron chi connectivity index (χ1n) is 10.8. The van der Waals surface area contributed by atoms with Crippen LogP contribution in [0.4, 0.5) is 0 Å². The summed E-state index contributed by atoms with van der Waals surface area (Å²) in [5, 5.41) is 3.16. The van der Waals surface area contributed by atoms with Gasteiger partial charge in [0.2, 0.25) is 15.9 Å². The number of carbonyl (C=O) groups excluding carboxylic acids is 1. The lowest BCUT2D eigenvalue weighted by Crippen LogP contribution is -2.42. The van der Waals surface area contributed by atoms with E-state index in [0.717, 1.165) is 44.1 Å². The minimum Gasteiger partial charge on any atom is -0.356 e. The second kappa shape index (κ2) is 9.88. The summed E-state index contributed by atoms with van der Waals surface area (Å²) in [6.45, 7) is 3.64. The second-order valence-corrected chi connectivity index (χ2v) is 10.4. The van der Waals surface area contributed by atoms with Crippen LogP contribution in [0.2, 0.25) is 0 Å². The molecule has 1 aliphatic heterocycles. The molecule has 0 spiro atoms. The number of nitrogens with one attached hydrogen (secondary N) is 1. The van der Waals surface area contributed by atoms with Gasteiger partial charge in [-0.05, 0) is 56.2 Å². The summed E-state index contributed by atoms with van der Waals surface area (Å²) in [7, 11) is -3.42. The van der Waals surface area contributed by atoms with Gasteiger partial charge in [0.25, 0.3) is 0 Å². The van der Waals surface area contributed by atoms with Gasteiger partial charge in [0.1, 0.15) is 0 Å². The SMILES string of the molecule is Cc1cccc(S(=O)(=O)N2CCC(CNC(=O)C3CCCCCCC3)CC2)c1. The molecule has 0 unspecified atom stereocenters. The van der Waals surface area contributed by atoms with Crippen LogP contribution in [0.5, 0.6) is 0 Å². The molecule has 1 N–H and O–H groups in total. The van der Waals surface area contributed by atoms with Crippen molar-refractivity contribution in [1.82, 2.24) is 9.62 Å². The number of hydrogen-bond acceptors (Lipinski definition) is 3. The molecule has 3 rings (SSSR count). The summed E-state index contributed by atoms with van der Waals surface area (Å²) >= 11 is 0. The van der Waals surface area contributed by atoms with Gasteiger partial charge in [0, 0.05) is 25.6 Å². The number of amides is 1. The lowest BCUT2D eigenvalue weighted by atomic mass is 9.90. The molecule has 1 amide bonds. The average Bonchev–Trinajstić information content (AvgIpc) is 2.66. The standard InChI is InChI=1S/C22H34N2O3S/c1-18-8-7-11-21(16-18)28(26,27)24-14-12-19(13-15-24)17-23-22(25)20-9-5-3-2-4-6-10-20/h7-8,11,16,19-20H,2-6,9-10,12-15,17H2,1H3,(H,23,25). The number of sulfonamides is 1. The van der Waals surface area contributed by atoms with Gasteiger partial charge in [-0.2, -0.15) is 4.31 Å². The van der Waals surface area contributed by atoms with Crippen LogP contribution in [0.3, 0.4) is 0 Å². The van der Waals surface area contributed by atoms with Gasteiger partial charge in [-0.25, -0.2) is 8.42 Å². The lowest BCUT2D eigenvalue weighted by Gasteiger charge is -2.31. The number of hydrogen-bond donors (Lipinski definition) is 1. The van der Waals surface area contributed by atoms with E-state index in [4.69, 9.17) is 0 Å². The maximum absolute atomic E-state index is 12.8. The largest absolute Gasteiger partial charge is 0.356 e. The number of nitrogens with zero attached hydrogens (tertiary/aromatic N) is 1. The molecule has 1 saturated heterocycles. The Labute approximate surface area is 169 Å². The van der Waals surface area contributed by atoms with Gasteiger partial charge in [0.15, 0.2) is 0 Å². The molecular weight excluding hydrogens is 372 g/mol. The van der Waals surface area contributed by atoms with Gasteiger partial charge >= 0.3 is 0 Å². The van der Waals surface area contributed by atoms with E-state index in [1.54, 1.807) is 22.5 Å². The molecule has 1 aromatic carbocycles. The number of benzene rings is 1. The van der Waals surface area contributed by atoms with Crippen molar-refractivity contribution in [2.24, 2.45) is 11.8 Å². The summed E-state index contributed by atoms with van der Waals surface area (Å²) in [5.41, 5.74) is 0.952. The molecule has 0 radical (unpaired) electrons. The van der Waals surface area contributed by atoms with Crippen molar-refractivity contribution in [3.8, 4) is 0 Å². The fourth-order valence-electron chi connectivity index (χ4n) is 4.39. The van der Waals surface area contributed by atoms with Gasteiger partial charge < -0.3 is 5.32 Å². The zero-order chi connectivity index (χ0) is 20.0. The van der Waals surface area contributed by atoms with Crippen LogP contribution < -0.4 is 5.32 Å². The summed E-state index contributed by atoms with van der Waals surface area (Å²) in [5.74, 6) is 0.736. The topological polar surface area (TPSA) is 66.5 Å². The lowest BCUT2D eigenvalue weighted by molar-refractivity contribution is -0.125. The molecule has 0 aromatic heterocycles. The van der Waals surface area contributed by atoms with Crippen LogP contribution >= 0.6 is 0 Å². The van der Waals surface area contributed by atoms with E-state index >= 15 is 0 Å². The van der Waals surface area contributed by atoms with Crippen LogP contribution in [0.15, 0.2) is 29.2 Å². The predicted octanol–water partition coefficient (Wildman–Crippen LogP) is 3.87. The highest BCUT2D eigenvalue weighted by Crippen LogP contribution is 2.25. The first kappa shape index (κ1) is 21.3. The van der Waals surface area contributed by atoms with Crippen LogP contribution in [-0.4, -0.2) is 38.3 Å². The highest BCUT2D eigenvalue weighted by Gasteiger charge is 2.30. The van der Waals surface area contributed by atoms with Crippen LogP contribution in [0.1, 0.15) is 63.4 Å². The van der Waals surface area contributed by atoms with Gasteiger partial charge in [-0.3, -0.25) is 4.79 Å². The number of piperidine rings is 1. The molecule has 28 heavy (non-hydrogen) atoms. The van der Waals surface area contributed by atoms with E-state index in [-0.39, 0.29) is 11.8 Å². The maximum Gasteiger partial charge on any atom is 0.243 e. The molecule has 1 saturated carbocycles. The molecule has 0 atom stereocenters. The van der Waals surface area contributed by atoms with E-state index in [1.807, 2.05) is 13.0 Å². The first-order valence-corrected chi connectivity index (χ1v) is 12.3. The minimum atomic E-state index is -3.42. The summed E-state index contributed by atoms with van der Waals surface area (Å²) in [6.07, 6.45) is 9.75. The Morgan fingerprint density at radius 1 is 1.04 bits per heavy atom. The quantitative estimate of drug-likeness (QED) is 0.807. The number of rotatable bonds is 5. The average molecular weight is 407 g/mol. The zero-order valence-corrected chi connectivity index (χ0v) is 17.8. The van der Waals surface area contributed by atoms with Crippen molar-refractivity contribution in [1.29, 1.82) is 0 Å². The van der Waals surface area contributed by atoms with Crippen molar-refractivity contribution in [2.75, 3.05) is 19.6 Å². The molecule has 6 heteroatoms. The van der Waals surface area contributed by atoms with Crippen molar-refractivity contribution >= 4 is 15.9 Å². The number of aryl methyl sites for hydroxylation is 1. The Bertz CT molecular complexity index is 747.